The molecule has 4 fully saturated rings. The molecule has 6 heteroatoms. The lowest BCUT2D eigenvalue weighted by Gasteiger charge is -2.55. The summed E-state index contributed by atoms with van der Waals surface area (Å²) in [5.41, 5.74) is 0.171. The van der Waals surface area contributed by atoms with E-state index in [4.69, 9.17) is 4.74 Å². The average molecular weight is 372 g/mol. The number of ketones is 1. The minimum absolute atomic E-state index is 0.171. The molecular formula is C20H27F3O3. The van der Waals surface area contributed by atoms with Crippen LogP contribution in [0.15, 0.2) is 0 Å². The van der Waals surface area contributed by atoms with Crippen LogP contribution >= 0.6 is 0 Å². The Bertz CT molecular complexity index is 602. The molecule has 0 amide bonds. The maximum Gasteiger partial charge on any atom is 0.490 e. The van der Waals surface area contributed by atoms with Gasteiger partial charge in [-0.05, 0) is 80.0 Å². The number of hydrogen-bond acceptors (Lipinski definition) is 3. The van der Waals surface area contributed by atoms with Crippen molar-refractivity contribution in [2.45, 2.75) is 77.0 Å². The number of fused-ring (bicyclic) bond motifs is 5. The Hall–Kier alpha value is -1.07. The highest BCUT2D eigenvalue weighted by molar-refractivity contribution is 5.82. The first-order chi connectivity index (χ1) is 12.2. The van der Waals surface area contributed by atoms with Gasteiger partial charge in [-0.2, -0.15) is 13.2 Å². The maximum atomic E-state index is 12.4. The molecule has 4 rings (SSSR count). The van der Waals surface area contributed by atoms with Crippen molar-refractivity contribution in [1.82, 2.24) is 0 Å². The van der Waals surface area contributed by atoms with E-state index in [0.717, 1.165) is 44.9 Å². The van der Waals surface area contributed by atoms with Crippen LogP contribution in [0.5, 0.6) is 0 Å². The zero-order valence-electron chi connectivity index (χ0n) is 15.2. The fraction of sp³-hybridized carbons (Fsp3) is 0.900. The SMILES string of the molecule is C[C@]12CCC3C4CC[C@H](OC(=O)C(F)(F)F)CC4CCC3C1CC(=O)C2. The summed E-state index contributed by atoms with van der Waals surface area (Å²) >= 11 is 0. The highest BCUT2D eigenvalue weighted by Gasteiger charge is 2.56. The van der Waals surface area contributed by atoms with Crippen molar-refractivity contribution in [1.29, 1.82) is 0 Å². The summed E-state index contributed by atoms with van der Waals surface area (Å²) < 4.78 is 42.1. The van der Waals surface area contributed by atoms with Crippen LogP contribution in [-0.4, -0.2) is 24.0 Å². The fourth-order valence-electron chi connectivity index (χ4n) is 6.91. The van der Waals surface area contributed by atoms with E-state index in [2.05, 4.69) is 6.92 Å². The third-order valence-electron chi connectivity index (χ3n) is 7.98. The van der Waals surface area contributed by atoms with E-state index in [-0.39, 0.29) is 5.41 Å². The molecule has 0 aliphatic heterocycles. The summed E-state index contributed by atoms with van der Waals surface area (Å²) in [7, 11) is 0. The van der Waals surface area contributed by atoms with Crippen LogP contribution in [0.4, 0.5) is 13.2 Å². The molecule has 0 aromatic rings. The lowest BCUT2D eigenvalue weighted by atomic mass is 9.50. The van der Waals surface area contributed by atoms with Crippen molar-refractivity contribution in [3.05, 3.63) is 0 Å². The fourth-order valence-corrected chi connectivity index (χ4v) is 6.91. The van der Waals surface area contributed by atoms with Crippen molar-refractivity contribution in [3.8, 4) is 0 Å². The number of carbonyl (C=O) groups is 2. The number of carbonyl (C=O) groups excluding carboxylic acids is 2. The number of rotatable bonds is 1. The van der Waals surface area contributed by atoms with E-state index in [0.29, 0.717) is 48.2 Å². The molecule has 4 aliphatic carbocycles. The second-order valence-corrected chi connectivity index (χ2v) is 9.39. The molecule has 0 N–H and O–H groups in total. The number of hydrogen-bond donors (Lipinski definition) is 0. The van der Waals surface area contributed by atoms with Crippen molar-refractivity contribution in [2.75, 3.05) is 0 Å². The molecule has 0 saturated heterocycles. The van der Waals surface area contributed by atoms with Gasteiger partial charge in [0.2, 0.25) is 0 Å². The van der Waals surface area contributed by atoms with Crippen LogP contribution in [0, 0.1) is 35.0 Å². The van der Waals surface area contributed by atoms with Gasteiger partial charge >= 0.3 is 12.1 Å². The van der Waals surface area contributed by atoms with Crippen molar-refractivity contribution < 1.29 is 27.5 Å². The second-order valence-electron chi connectivity index (χ2n) is 9.39. The minimum Gasteiger partial charge on any atom is -0.456 e. The maximum absolute atomic E-state index is 12.4. The zero-order chi connectivity index (χ0) is 18.7. The summed E-state index contributed by atoms with van der Waals surface area (Å²) in [5, 5.41) is 0. The number of Topliss-reactive ketones (excluding diaryl/α,β-unsaturated/α-hetero) is 1. The topological polar surface area (TPSA) is 43.4 Å². The van der Waals surface area contributed by atoms with Crippen molar-refractivity contribution in [3.63, 3.8) is 0 Å². The molecule has 5 unspecified atom stereocenters. The third kappa shape index (κ3) is 3.07. The second kappa shape index (κ2) is 6.23. The van der Waals surface area contributed by atoms with Crippen LogP contribution in [0.25, 0.3) is 0 Å². The molecule has 7 atom stereocenters. The van der Waals surface area contributed by atoms with Gasteiger partial charge in [0.1, 0.15) is 11.9 Å². The molecule has 0 bridgehead atoms. The van der Waals surface area contributed by atoms with Gasteiger partial charge in [0.05, 0.1) is 0 Å². The van der Waals surface area contributed by atoms with E-state index in [9.17, 15) is 22.8 Å². The van der Waals surface area contributed by atoms with Crippen LogP contribution in [0.3, 0.4) is 0 Å². The Morgan fingerprint density at radius 1 is 1.08 bits per heavy atom. The summed E-state index contributed by atoms with van der Waals surface area (Å²) in [5.74, 6) is 0.922. The lowest BCUT2D eigenvalue weighted by Crippen LogP contribution is -2.48. The Kier molecular flexibility index (Phi) is 4.39. The molecule has 0 spiro atoms. The standard InChI is InChI=1S/C20H27F3O3/c1-19-7-6-15-14-5-3-13(26-18(25)20(21,22)23)8-11(14)2-4-16(15)17(19)9-12(24)10-19/h11,13-17H,2-10H2,1H3/t11?,13-,14?,15?,16?,17?,19+/m0/s1. The Balaban J connectivity index is 1.42. The molecule has 4 aliphatic rings. The van der Waals surface area contributed by atoms with Crippen LogP contribution in [-0.2, 0) is 14.3 Å². The van der Waals surface area contributed by atoms with Crippen molar-refractivity contribution >= 4 is 11.8 Å². The summed E-state index contributed by atoms with van der Waals surface area (Å²) in [6.07, 6.45) is 2.19. The van der Waals surface area contributed by atoms with Crippen LogP contribution in [0.1, 0.15) is 64.7 Å². The number of alkyl halides is 3. The predicted molar refractivity (Wildman–Crippen MR) is 88.1 cm³/mol. The molecule has 0 heterocycles. The van der Waals surface area contributed by atoms with Gasteiger partial charge in [0, 0.05) is 12.8 Å². The first kappa shape index (κ1) is 18.3. The van der Waals surface area contributed by atoms with Crippen LogP contribution in [0.2, 0.25) is 0 Å². The molecule has 26 heavy (non-hydrogen) atoms. The minimum atomic E-state index is -4.91. The highest BCUT2D eigenvalue weighted by atomic mass is 19.4. The quantitative estimate of drug-likeness (QED) is 0.628. The lowest BCUT2D eigenvalue weighted by molar-refractivity contribution is -0.208. The molecule has 0 aromatic carbocycles. The molecule has 0 aromatic heterocycles. The van der Waals surface area contributed by atoms with Gasteiger partial charge in [0.25, 0.3) is 0 Å². The smallest absolute Gasteiger partial charge is 0.456 e. The average Bonchev–Trinajstić information content (AvgIpc) is 2.87. The normalized spacial score (nSPS) is 45.5. The van der Waals surface area contributed by atoms with E-state index >= 15 is 0 Å². The largest absolute Gasteiger partial charge is 0.490 e. The van der Waals surface area contributed by atoms with Gasteiger partial charge in [0.15, 0.2) is 0 Å². The van der Waals surface area contributed by atoms with Gasteiger partial charge < -0.3 is 4.74 Å². The zero-order valence-corrected chi connectivity index (χ0v) is 15.2. The number of ether oxygens (including phenoxy) is 1. The van der Waals surface area contributed by atoms with Gasteiger partial charge in [-0.15, -0.1) is 0 Å². The molecule has 146 valence electrons. The van der Waals surface area contributed by atoms with E-state index in [1.165, 1.54) is 0 Å². The molecular weight excluding hydrogens is 345 g/mol. The van der Waals surface area contributed by atoms with E-state index in [1.54, 1.807) is 0 Å². The summed E-state index contributed by atoms with van der Waals surface area (Å²) in [4.78, 5) is 23.2. The predicted octanol–water partition coefficient (Wildman–Crippen LogP) is 4.68. The number of esters is 1. The molecule has 3 nitrogen and oxygen atoms in total. The van der Waals surface area contributed by atoms with Gasteiger partial charge in [-0.1, -0.05) is 6.92 Å². The third-order valence-corrected chi connectivity index (χ3v) is 7.98. The van der Waals surface area contributed by atoms with E-state index in [1.807, 2.05) is 0 Å². The first-order valence-electron chi connectivity index (χ1n) is 9.97. The van der Waals surface area contributed by atoms with Crippen LogP contribution < -0.4 is 0 Å². The molecule has 4 saturated carbocycles. The Morgan fingerprint density at radius 2 is 1.81 bits per heavy atom. The Labute approximate surface area is 152 Å². The van der Waals surface area contributed by atoms with E-state index < -0.39 is 18.2 Å². The monoisotopic (exact) mass is 372 g/mol. The van der Waals surface area contributed by atoms with Gasteiger partial charge in [-0.3, -0.25) is 4.79 Å². The molecule has 0 radical (unpaired) electrons. The highest BCUT2D eigenvalue weighted by Crippen LogP contribution is 2.61. The van der Waals surface area contributed by atoms with Crippen molar-refractivity contribution in [2.24, 2.45) is 35.0 Å². The number of halogens is 3. The first-order valence-corrected chi connectivity index (χ1v) is 9.97. The Morgan fingerprint density at radius 3 is 2.54 bits per heavy atom. The van der Waals surface area contributed by atoms with Gasteiger partial charge in [-0.25, -0.2) is 4.79 Å². The summed E-state index contributed by atoms with van der Waals surface area (Å²) in [6.45, 7) is 2.28. The summed E-state index contributed by atoms with van der Waals surface area (Å²) in [6, 6.07) is 0.